The molecule has 0 spiro atoms. The molecule has 1 aromatic rings. The van der Waals surface area contributed by atoms with E-state index in [2.05, 4.69) is 27.2 Å². The van der Waals surface area contributed by atoms with Gasteiger partial charge in [0.1, 0.15) is 0 Å². The fourth-order valence-corrected chi connectivity index (χ4v) is 2.29. The largest absolute Gasteiger partial charge is 0.478 e. The van der Waals surface area contributed by atoms with Gasteiger partial charge in [-0.15, -0.1) is 0 Å². The van der Waals surface area contributed by atoms with Crippen molar-refractivity contribution in [3.8, 4) is 5.88 Å². The van der Waals surface area contributed by atoms with Crippen LogP contribution in [-0.2, 0) is 0 Å². The Morgan fingerprint density at radius 1 is 1.50 bits per heavy atom. The Kier molecular flexibility index (Phi) is 4.36. The molecular weight excluding hydrogens is 228 g/mol. The first kappa shape index (κ1) is 13.1. The van der Waals surface area contributed by atoms with Crippen molar-refractivity contribution in [2.45, 2.75) is 32.7 Å². The van der Waals surface area contributed by atoms with Crippen LogP contribution in [0.2, 0.25) is 0 Å². The number of aromatic nitrogens is 2. The first-order valence-corrected chi connectivity index (χ1v) is 6.61. The van der Waals surface area contributed by atoms with Crippen LogP contribution in [0.4, 0.5) is 5.95 Å². The molecule has 0 aromatic carbocycles. The minimum absolute atomic E-state index is 0.588. The summed E-state index contributed by atoms with van der Waals surface area (Å²) in [5.74, 6) is 1.31. The van der Waals surface area contributed by atoms with E-state index in [0.717, 1.165) is 12.2 Å². The molecule has 1 saturated heterocycles. The molecular formula is C13H22N4O. The number of aryl methyl sites for hydroxylation is 1. The van der Waals surface area contributed by atoms with Crippen molar-refractivity contribution in [1.29, 1.82) is 0 Å². The predicted octanol–water partition coefficient (Wildman–Crippen LogP) is 1.69. The Hall–Kier alpha value is -1.36. The first-order chi connectivity index (χ1) is 8.69. The maximum atomic E-state index is 5.42. The zero-order valence-electron chi connectivity index (χ0n) is 11.4. The van der Waals surface area contributed by atoms with Crippen LogP contribution in [0.5, 0.6) is 5.88 Å². The summed E-state index contributed by atoms with van der Waals surface area (Å²) in [5, 5.41) is 3.31. The molecule has 0 saturated carbocycles. The van der Waals surface area contributed by atoms with Crippen LogP contribution in [0, 0.1) is 6.92 Å². The van der Waals surface area contributed by atoms with E-state index in [4.69, 9.17) is 4.74 Å². The van der Waals surface area contributed by atoms with Crippen molar-refractivity contribution in [2.75, 3.05) is 32.1 Å². The number of likely N-dealkylation sites (tertiary alicyclic amines) is 1. The number of hydrogen-bond acceptors (Lipinski definition) is 5. The molecule has 1 aliphatic heterocycles. The quantitative estimate of drug-likeness (QED) is 0.862. The van der Waals surface area contributed by atoms with E-state index in [-0.39, 0.29) is 0 Å². The Labute approximate surface area is 109 Å². The lowest BCUT2D eigenvalue weighted by Gasteiger charge is -2.19. The smallest absolute Gasteiger partial charge is 0.226 e. The lowest BCUT2D eigenvalue weighted by atomic mass is 10.2. The Morgan fingerprint density at radius 2 is 2.33 bits per heavy atom. The topological polar surface area (TPSA) is 50.3 Å². The van der Waals surface area contributed by atoms with Crippen LogP contribution < -0.4 is 10.1 Å². The summed E-state index contributed by atoms with van der Waals surface area (Å²) in [7, 11) is 2.17. The molecule has 18 heavy (non-hydrogen) atoms. The Bertz CT molecular complexity index is 397. The van der Waals surface area contributed by atoms with Gasteiger partial charge in [0.15, 0.2) is 0 Å². The average Bonchev–Trinajstić information content (AvgIpc) is 2.72. The second-order valence-electron chi connectivity index (χ2n) is 4.76. The summed E-state index contributed by atoms with van der Waals surface area (Å²) in [4.78, 5) is 11.1. The monoisotopic (exact) mass is 250 g/mol. The van der Waals surface area contributed by atoms with Crippen molar-refractivity contribution < 1.29 is 4.74 Å². The maximum absolute atomic E-state index is 5.42. The molecule has 1 aliphatic rings. The van der Waals surface area contributed by atoms with Crippen molar-refractivity contribution in [3.05, 3.63) is 11.8 Å². The standard InChI is InChI=1S/C13H22N4O/c1-4-18-12-8-10(2)15-13(16-12)14-9-11-6-5-7-17(11)3/h8,11H,4-7,9H2,1-3H3,(H,14,15,16). The second kappa shape index (κ2) is 6.00. The van der Waals surface area contributed by atoms with Crippen LogP contribution in [0.1, 0.15) is 25.5 Å². The summed E-state index contributed by atoms with van der Waals surface area (Å²) in [6.45, 7) is 6.62. The third kappa shape index (κ3) is 3.32. The van der Waals surface area contributed by atoms with E-state index in [1.54, 1.807) is 0 Å². The van der Waals surface area contributed by atoms with Gasteiger partial charge in [0.2, 0.25) is 11.8 Å². The third-order valence-electron chi connectivity index (χ3n) is 3.29. The maximum Gasteiger partial charge on any atom is 0.226 e. The van der Waals surface area contributed by atoms with Crippen LogP contribution in [-0.4, -0.2) is 47.7 Å². The van der Waals surface area contributed by atoms with Crippen LogP contribution in [0.15, 0.2) is 6.07 Å². The molecule has 0 bridgehead atoms. The molecule has 5 nitrogen and oxygen atoms in total. The number of rotatable bonds is 5. The van der Waals surface area contributed by atoms with Gasteiger partial charge in [-0.25, -0.2) is 4.98 Å². The van der Waals surface area contributed by atoms with E-state index in [0.29, 0.717) is 24.5 Å². The summed E-state index contributed by atoms with van der Waals surface area (Å²) in [5.41, 5.74) is 0.927. The first-order valence-electron chi connectivity index (χ1n) is 6.61. The van der Waals surface area contributed by atoms with Gasteiger partial charge in [-0.3, -0.25) is 0 Å². The highest BCUT2D eigenvalue weighted by Gasteiger charge is 2.20. The van der Waals surface area contributed by atoms with Crippen LogP contribution in [0.3, 0.4) is 0 Å². The lowest BCUT2D eigenvalue weighted by Crippen LogP contribution is -2.32. The highest BCUT2D eigenvalue weighted by Crippen LogP contribution is 2.16. The van der Waals surface area contributed by atoms with Gasteiger partial charge in [-0.1, -0.05) is 0 Å². The molecule has 0 radical (unpaired) electrons. The third-order valence-corrected chi connectivity index (χ3v) is 3.29. The number of likely N-dealkylation sites (N-methyl/N-ethyl adjacent to an activating group) is 1. The molecule has 2 heterocycles. The van der Waals surface area contributed by atoms with E-state index in [1.807, 2.05) is 19.9 Å². The van der Waals surface area contributed by atoms with Crippen LogP contribution >= 0.6 is 0 Å². The number of hydrogen-bond donors (Lipinski definition) is 1. The average molecular weight is 250 g/mol. The fraction of sp³-hybridized carbons (Fsp3) is 0.692. The van der Waals surface area contributed by atoms with E-state index in [1.165, 1.54) is 19.4 Å². The summed E-state index contributed by atoms with van der Waals surface area (Å²) in [6, 6.07) is 2.45. The van der Waals surface area contributed by atoms with Gasteiger partial charge in [-0.05, 0) is 40.3 Å². The molecule has 1 unspecified atom stereocenters. The van der Waals surface area contributed by atoms with Gasteiger partial charge in [0, 0.05) is 24.3 Å². The molecule has 1 fully saturated rings. The molecule has 100 valence electrons. The van der Waals surface area contributed by atoms with Gasteiger partial charge in [0.05, 0.1) is 6.61 Å². The minimum Gasteiger partial charge on any atom is -0.478 e. The molecule has 2 rings (SSSR count). The summed E-state index contributed by atoms with van der Waals surface area (Å²) < 4.78 is 5.42. The van der Waals surface area contributed by atoms with Crippen molar-refractivity contribution in [2.24, 2.45) is 0 Å². The predicted molar refractivity (Wildman–Crippen MR) is 72.1 cm³/mol. The van der Waals surface area contributed by atoms with E-state index in [9.17, 15) is 0 Å². The summed E-state index contributed by atoms with van der Waals surface area (Å²) in [6.07, 6.45) is 2.52. The van der Waals surface area contributed by atoms with E-state index >= 15 is 0 Å². The normalized spacial score (nSPS) is 20.1. The van der Waals surface area contributed by atoms with Crippen molar-refractivity contribution in [3.63, 3.8) is 0 Å². The van der Waals surface area contributed by atoms with Gasteiger partial charge >= 0.3 is 0 Å². The molecule has 0 aliphatic carbocycles. The van der Waals surface area contributed by atoms with Gasteiger partial charge in [-0.2, -0.15) is 4.98 Å². The van der Waals surface area contributed by atoms with E-state index < -0.39 is 0 Å². The highest BCUT2D eigenvalue weighted by molar-refractivity contribution is 5.30. The number of nitrogens with zero attached hydrogens (tertiary/aromatic N) is 3. The SMILES string of the molecule is CCOc1cc(C)nc(NCC2CCCN2C)n1. The molecule has 1 aromatic heterocycles. The molecule has 1 N–H and O–H groups in total. The van der Waals surface area contributed by atoms with Crippen molar-refractivity contribution in [1.82, 2.24) is 14.9 Å². The van der Waals surface area contributed by atoms with Crippen molar-refractivity contribution >= 4 is 5.95 Å². The highest BCUT2D eigenvalue weighted by atomic mass is 16.5. The zero-order valence-corrected chi connectivity index (χ0v) is 11.4. The summed E-state index contributed by atoms with van der Waals surface area (Å²) >= 11 is 0. The Morgan fingerprint density at radius 3 is 3.00 bits per heavy atom. The minimum atomic E-state index is 0.588. The fourth-order valence-electron chi connectivity index (χ4n) is 2.29. The van der Waals surface area contributed by atoms with Gasteiger partial charge < -0.3 is 15.0 Å². The molecule has 0 amide bonds. The number of anilines is 1. The van der Waals surface area contributed by atoms with Gasteiger partial charge in [0.25, 0.3) is 0 Å². The number of nitrogens with one attached hydrogen (secondary N) is 1. The zero-order chi connectivity index (χ0) is 13.0. The molecule has 1 atom stereocenters. The number of ether oxygens (including phenoxy) is 1. The second-order valence-corrected chi connectivity index (χ2v) is 4.76. The Balaban J connectivity index is 1.95. The lowest BCUT2D eigenvalue weighted by molar-refractivity contribution is 0.320. The van der Waals surface area contributed by atoms with Crippen LogP contribution in [0.25, 0.3) is 0 Å². The molecule has 5 heteroatoms.